The molecule has 1 aliphatic heterocycles. The van der Waals surface area contributed by atoms with Crippen molar-refractivity contribution in [2.45, 2.75) is 64.0 Å². The molecular weight excluding hydrogens is 200 g/mol. The molecule has 0 amide bonds. The van der Waals surface area contributed by atoms with Gasteiger partial charge in [-0.2, -0.15) is 0 Å². The van der Waals surface area contributed by atoms with Crippen LogP contribution in [-0.4, -0.2) is 18.8 Å². The minimum atomic E-state index is 0.381. The summed E-state index contributed by atoms with van der Waals surface area (Å²) in [6.07, 6.45) is 8.38. The summed E-state index contributed by atoms with van der Waals surface area (Å²) in [5.41, 5.74) is 2.88. The average molecular weight is 224 g/mol. The van der Waals surface area contributed by atoms with Gasteiger partial charge in [0, 0.05) is 19.1 Å². The monoisotopic (exact) mass is 224 g/mol. The van der Waals surface area contributed by atoms with Crippen LogP contribution >= 0.6 is 0 Å². The molecule has 1 rings (SSSR count). The van der Waals surface area contributed by atoms with Gasteiger partial charge in [-0.05, 0) is 45.4 Å². The van der Waals surface area contributed by atoms with Gasteiger partial charge >= 0.3 is 0 Å². The number of hydrogen-bond acceptors (Lipinski definition) is 3. The first-order chi connectivity index (χ1) is 7.86. The summed E-state index contributed by atoms with van der Waals surface area (Å²) in [4.78, 5) is 0. The lowest BCUT2D eigenvalue weighted by Gasteiger charge is -2.24. The zero-order chi connectivity index (χ0) is 11.6. The Balaban J connectivity index is 2.13. The molecule has 0 aliphatic carbocycles. The van der Waals surface area contributed by atoms with Gasteiger partial charge < -0.3 is 4.74 Å². The molecule has 3 heteroatoms. The molecule has 1 fully saturated rings. The van der Waals surface area contributed by atoms with Gasteiger partial charge in [-0.15, -0.1) is 11.8 Å². The van der Waals surface area contributed by atoms with Gasteiger partial charge in [0.15, 0.2) is 0 Å². The van der Waals surface area contributed by atoms with E-state index in [1.165, 1.54) is 19.3 Å². The predicted octanol–water partition coefficient (Wildman–Crippen LogP) is 1.97. The number of hydrogen-bond donors (Lipinski definition) is 2. The lowest BCUT2D eigenvalue weighted by Crippen LogP contribution is -2.36. The van der Waals surface area contributed by atoms with Crippen molar-refractivity contribution in [2.24, 2.45) is 5.84 Å². The molecule has 0 aromatic heterocycles. The van der Waals surface area contributed by atoms with Gasteiger partial charge in [0.25, 0.3) is 0 Å². The second kappa shape index (κ2) is 8.58. The van der Waals surface area contributed by atoms with Crippen molar-refractivity contribution in [1.29, 1.82) is 0 Å². The first-order valence-corrected chi connectivity index (χ1v) is 6.34. The Bertz CT molecular complexity index is 226. The molecule has 16 heavy (non-hydrogen) atoms. The second-order valence-electron chi connectivity index (χ2n) is 4.39. The summed E-state index contributed by atoms with van der Waals surface area (Å²) in [5.74, 6) is 11.5. The van der Waals surface area contributed by atoms with E-state index in [-0.39, 0.29) is 0 Å². The maximum absolute atomic E-state index is 5.70. The van der Waals surface area contributed by atoms with Crippen LogP contribution in [0.5, 0.6) is 0 Å². The van der Waals surface area contributed by atoms with Crippen LogP contribution in [0.15, 0.2) is 0 Å². The quantitative estimate of drug-likeness (QED) is 0.412. The summed E-state index contributed by atoms with van der Waals surface area (Å²) in [7, 11) is 0. The third-order valence-corrected chi connectivity index (χ3v) is 3.14. The third kappa shape index (κ3) is 5.50. The molecule has 2 atom stereocenters. The first kappa shape index (κ1) is 13.5. The lowest BCUT2D eigenvalue weighted by atomic mass is 10.00. The van der Waals surface area contributed by atoms with E-state index < -0.39 is 0 Å². The van der Waals surface area contributed by atoms with E-state index in [9.17, 15) is 0 Å². The highest BCUT2D eigenvalue weighted by Gasteiger charge is 2.15. The highest BCUT2D eigenvalue weighted by atomic mass is 16.5. The van der Waals surface area contributed by atoms with Crippen LogP contribution < -0.4 is 11.3 Å². The van der Waals surface area contributed by atoms with Crippen LogP contribution in [0, 0.1) is 11.8 Å². The summed E-state index contributed by atoms with van der Waals surface area (Å²) in [6.45, 7) is 2.81. The van der Waals surface area contributed by atoms with Crippen molar-refractivity contribution in [3.63, 3.8) is 0 Å². The maximum Gasteiger partial charge on any atom is 0.0575 e. The minimum absolute atomic E-state index is 0.381. The Morgan fingerprint density at radius 3 is 2.94 bits per heavy atom. The van der Waals surface area contributed by atoms with Crippen molar-refractivity contribution >= 4 is 0 Å². The van der Waals surface area contributed by atoms with E-state index in [0.717, 1.165) is 32.3 Å². The minimum Gasteiger partial charge on any atom is -0.378 e. The van der Waals surface area contributed by atoms with Gasteiger partial charge in [0.2, 0.25) is 0 Å². The number of hydrazine groups is 1. The van der Waals surface area contributed by atoms with E-state index in [0.29, 0.717) is 12.1 Å². The van der Waals surface area contributed by atoms with Gasteiger partial charge in [-0.1, -0.05) is 0 Å². The lowest BCUT2D eigenvalue weighted by molar-refractivity contribution is 0.00847. The number of ether oxygens (including phenoxy) is 1. The first-order valence-electron chi connectivity index (χ1n) is 6.34. The molecule has 0 aromatic rings. The number of rotatable bonds is 6. The van der Waals surface area contributed by atoms with Gasteiger partial charge in [0.05, 0.1) is 6.10 Å². The molecule has 0 radical (unpaired) electrons. The highest BCUT2D eigenvalue weighted by molar-refractivity contribution is 4.95. The molecular formula is C13H24N2O. The molecule has 3 nitrogen and oxygen atoms in total. The Morgan fingerprint density at radius 1 is 1.44 bits per heavy atom. The van der Waals surface area contributed by atoms with E-state index >= 15 is 0 Å². The summed E-state index contributed by atoms with van der Waals surface area (Å²) >= 11 is 0. The molecule has 1 heterocycles. The molecule has 0 saturated carbocycles. The molecule has 1 aliphatic rings. The van der Waals surface area contributed by atoms with Gasteiger partial charge in [-0.25, -0.2) is 0 Å². The summed E-state index contributed by atoms with van der Waals surface area (Å²) < 4.78 is 5.70. The van der Waals surface area contributed by atoms with Crippen LogP contribution in [0.2, 0.25) is 0 Å². The fourth-order valence-electron chi connectivity index (χ4n) is 2.10. The maximum atomic E-state index is 5.70. The van der Waals surface area contributed by atoms with Crippen molar-refractivity contribution in [2.75, 3.05) is 6.61 Å². The van der Waals surface area contributed by atoms with Crippen LogP contribution in [0.4, 0.5) is 0 Å². The number of nitrogens with two attached hydrogens (primary N) is 1. The predicted molar refractivity (Wildman–Crippen MR) is 66.6 cm³/mol. The molecule has 0 aromatic carbocycles. The van der Waals surface area contributed by atoms with Crippen LogP contribution in [-0.2, 0) is 4.74 Å². The average Bonchev–Trinajstić information content (AvgIpc) is 2.35. The fourth-order valence-corrected chi connectivity index (χ4v) is 2.10. The zero-order valence-electron chi connectivity index (χ0n) is 10.3. The Hall–Kier alpha value is -0.560. The largest absolute Gasteiger partial charge is 0.378 e. The SMILES string of the molecule is CC#CCCC(CCC1CCCCO1)NN. The fraction of sp³-hybridized carbons (Fsp3) is 0.846. The highest BCUT2D eigenvalue weighted by Crippen LogP contribution is 2.18. The van der Waals surface area contributed by atoms with Crippen LogP contribution in [0.25, 0.3) is 0 Å². The molecule has 1 saturated heterocycles. The van der Waals surface area contributed by atoms with E-state index in [1.54, 1.807) is 0 Å². The van der Waals surface area contributed by atoms with Crippen molar-refractivity contribution in [1.82, 2.24) is 5.43 Å². The summed E-state index contributed by atoms with van der Waals surface area (Å²) in [6, 6.07) is 0.381. The Labute approximate surface area is 99.1 Å². The number of nitrogens with one attached hydrogen (secondary N) is 1. The smallest absolute Gasteiger partial charge is 0.0575 e. The van der Waals surface area contributed by atoms with Crippen molar-refractivity contribution in [3.05, 3.63) is 0 Å². The molecule has 92 valence electrons. The Kier molecular flexibility index (Phi) is 7.24. The second-order valence-corrected chi connectivity index (χ2v) is 4.39. The topological polar surface area (TPSA) is 47.3 Å². The van der Waals surface area contributed by atoms with Crippen molar-refractivity contribution in [3.8, 4) is 11.8 Å². The van der Waals surface area contributed by atoms with E-state index in [1.807, 2.05) is 6.92 Å². The zero-order valence-corrected chi connectivity index (χ0v) is 10.3. The molecule has 2 unspecified atom stereocenters. The van der Waals surface area contributed by atoms with Gasteiger partial charge in [0.1, 0.15) is 0 Å². The summed E-state index contributed by atoms with van der Waals surface area (Å²) in [5, 5.41) is 0. The van der Waals surface area contributed by atoms with Crippen molar-refractivity contribution < 1.29 is 4.74 Å². The van der Waals surface area contributed by atoms with E-state index in [4.69, 9.17) is 10.6 Å². The standard InChI is InChI=1S/C13H24N2O/c1-2-3-4-7-12(15-14)9-10-13-8-5-6-11-16-13/h12-13,15H,4-11,14H2,1H3. The van der Waals surface area contributed by atoms with Gasteiger partial charge in [-0.3, -0.25) is 11.3 Å². The molecule has 0 spiro atoms. The molecule has 0 bridgehead atoms. The molecule has 3 N–H and O–H groups in total. The van der Waals surface area contributed by atoms with E-state index in [2.05, 4.69) is 17.3 Å². The normalized spacial score (nSPS) is 22.2. The van der Waals surface area contributed by atoms with Crippen LogP contribution in [0.3, 0.4) is 0 Å². The van der Waals surface area contributed by atoms with Crippen LogP contribution in [0.1, 0.15) is 51.9 Å². The third-order valence-electron chi connectivity index (χ3n) is 3.14. The Morgan fingerprint density at radius 2 is 2.31 bits per heavy atom.